The number of benzene rings is 1. The number of carbonyl (C=O) groups is 2. The van der Waals surface area contributed by atoms with Gasteiger partial charge in [0.2, 0.25) is 5.78 Å². The molecule has 0 fully saturated rings. The number of aromatic amines is 1. The third-order valence-corrected chi connectivity index (χ3v) is 4.04. The summed E-state index contributed by atoms with van der Waals surface area (Å²) in [6.07, 6.45) is 0. The fourth-order valence-corrected chi connectivity index (χ4v) is 2.79. The summed E-state index contributed by atoms with van der Waals surface area (Å²) in [4.78, 5) is 27.9. The highest BCUT2D eigenvalue weighted by Crippen LogP contribution is 2.25. The predicted molar refractivity (Wildman–Crippen MR) is 96.6 cm³/mol. The molecular weight excluding hydrogens is 320 g/mol. The number of ketones is 1. The molecule has 0 saturated carbocycles. The van der Waals surface area contributed by atoms with E-state index in [1.165, 1.54) is 0 Å². The van der Waals surface area contributed by atoms with Crippen molar-refractivity contribution in [3.05, 3.63) is 46.8 Å². The number of H-pyrrole nitrogens is 1. The Morgan fingerprint density at radius 1 is 1.24 bits per heavy atom. The first-order valence-electron chi connectivity index (χ1n) is 8.20. The quantitative estimate of drug-likeness (QED) is 0.593. The van der Waals surface area contributed by atoms with Gasteiger partial charge in [-0.1, -0.05) is 12.1 Å². The van der Waals surface area contributed by atoms with E-state index in [4.69, 9.17) is 9.47 Å². The molecular formula is C19H24N2O4. The Morgan fingerprint density at radius 3 is 2.56 bits per heavy atom. The number of hydrogen-bond donors (Lipinski definition) is 2. The van der Waals surface area contributed by atoms with E-state index >= 15 is 0 Å². The molecule has 1 aromatic carbocycles. The van der Waals surface area contributed by atoms with Crippen LogP contribution in [-0.4, -0.2) is 36.5 Å². The number of carbonyl (C=O) groups excluding carboxylic acids is 2. The molecule has 1 unspecified atom stereocenters. The molecule has 1 heterocycles. The zero-order valence-corrected chi connectivity index (χ0v) is 15.2. The lowest BCUT2D eigenvalue weighted by Gasteiger charge is -2.16. The van der Waals surface area contributed by atoms with Gasteiger partial charge in [0.25, 0.3) is 0 Å². The molecule has 0 saturated heterocycles. The van der Waals surface area contributed by atoms with E-state index in [0.29, 0.717) is 28.3 Å². The van der Waals surface area contributed by atoms with Crippen LogP contribution >= 0.6 is 0 Å². The number of hydrogen-bond acceptors (Lipinski definition) is 5. The molecule has 2 N–H and O–H groups in total. The third kappa shape index (κ3) is 3.84. The van der Waals surface area contributed by atoms with Crippen molar-refractivity contribution in [1.29, 1.82) is 0 Å². The maximum Gasteiger partial charge on any atom is 0.340 e. The highest BCUT2D eigenvalue weighted by Gasteiger charge is 2.26. The largest absolute Gasteiger partial charge is 0.495 e. The Kier molecular flexibility index (Phi) is 5.85. The van der Waals surface area contributed by atoms with Gasteiger partial charge < -0.3 is 19.8 Å². The average Bonchev–Trinajstić information content (AvgIpc) is 2.89. The highest BCUT2D eigenvalue weighted by atomic mass is 16.5. The van der Waals surface area contributed by atoms with E-state index in [9.17, 15) is 9.59 Å². The summed E-state index contributed by atoms with van der Waals surface area (Å²) >= 11 is 0. The number of nitrogens with one attached hydrogen (secondary N) is 2. The lowest BCUT2D eigenvalue weighted by Crippen LogP contribution is -2.27. The lowest BCUT2D eigenvalue weighted by molar-refractivity contribution is 0.0525. The van der Waals surface area contributed by atoms with Crippen LogP contribution in [0.25, 0.3) is 0 Å². The van der Waals surface area contributed by atoms with Gasteiger partial charge in [0.1, 0.15) is 5.75 Å². The van der Waals surface area contributed by atoms with Crippen LogP contribution in [0.3, 0.4) is 0 Å². The minimum Gasteiger partial charge on any atom is -0.495 e. The zero-order valence-electron chi connectivity index (χ0n) is 15.2. The highest BCUT2D eigenvalue weighted by molar-refractivity contribution is 6.04. The minimum absolute atomic E-state index is 0.137. The van der Waals surface area contributed by atoms with Crippen molar-refractivity contribution in [3.63, 3.8) is 0 Å². The number of rotatable bonds is 7. The number of anilines is 1. The van der Waals surface area contributed by atoms with Gasteiger partial charge in [-0.3, -0.25) is 4.79 Å². The second kappa shape index (κ2) is 7.88. The first-order chi connectivity index (χ1) is 11.9. The van der Waals surface area contributed by atoms with E-state index in [0.717, 1.165) is 5.69 Å². The number of aryl methyl sites for hydroxylation is 1. The minimum atomic E-state index is -0.497. The summed E-state index contributed by atoms with van der Waals surface area (Å²) in [6, 6.07) is 6.90. The first-order valence-corrected chi connectivity index (χ1v) is 8.20. The van der Waals surface area contributed by atoms with Gasteiger partial charge in [-0.05, 0) is 45.4 Å². The Balaban J connectivity index is 2.25. The number of aromatic nitrogens is 1. The average molecular weight is 344 g/mol. The fourth-order valence-electron chi connectivity index (χ4n) is 2.79. The van der Waals surface area contributed by atoms with E-state index in [-0.39, 0.29) is 12.4 Å². The molecule has 1 aromatic heterocycles. The maximum atomic E-state index is 12.8. The zero-order chi connectivity index (χ0) is 18.6. The Hall–Kier alpha value is -2.76. The van der Waals surface area contributed by atoms with Crippen molar-refractivity contribution >= 4 is 17.4 Å². The van der Waals surface area contributed by atoms with Crippen LogP contribution in [0.1, 0.15) is 46.0 Å². The standard InChI is InChI=1S/C19H24N2O4/c1-6-25-19(23)16-11(2)17(21-12(16)3)18(22)13(4)20-14-9-7-8-10-15(14)24-5/h7-10,13,20-21H,6H2,1-5H3. The van der Waals surface area contributed by atoms with Crippen LogP contribution in [0.4, 0.5) is 5.69 Å². The molecule has 0 aliphatic heterocycles. The smallest absolute Gasteiger partial charge is 0.340 e. The predicted octanol–water partition coefficient (Wildman–Crippen LogP) is 3.50. The van der Waals surface area contributed by atoms with Gasteiger partial charge in [-0.2, -0.15) is 0 Å². The normalized spacial score (nSPS) is 11.7. The topological polar surface area (TPSA) is 80.4 Å². The van der Waals surface area contributed by atoms with Crippen LogP contribution in [-0.2, 0) is 4.74 Å². The van der Waals surface area contributed by atoms with Gasteiger partial charge in [0, 0.05) is 5.69 Å². The SMILES string of the molecule is CCOC(=O)c1c(C)[nH]c(C(=O)C(C)Nc2ccccc2OC)c1C. The number of ether oxygens (including phenoxy) is 2. The molecule has 1 atom stereocenters. The molecule has 25 heavy (non-hydrogen) atoms. The Labute approximate surface area is 147 Å². The van der Waals surface area contributed by atoms with Crippen molar-refractivity contribution in [3.8, 4) is 5.75 Å². The molecule has 0 bridgehead atoms. The monoisotopic (exact) mass is 344 g/mol. The summed E-state index contributed by atoms with van der Waals surface area (Å²) in [5.41, 5.74) is 2.81. The third-order valence-electron chi connectivity index (χ3n) is 4.04. The van der Waals surface area contributed by atoms with Crippen LogP contribution in [0.15, 0.2) is 24.3 Å². The van der Waals surface area contributed by atoms with Gasteiger partial charge >= 0.3 is 5.97 Å². The van der Waals surface area contributed by atoms with Crippen LogP contribution in [0.2, 0.25) is 0 Å². The summed E-state index contributed by atoms with van der Waals surface area (Å²) < 4.78 is 10.4. The summed E-state index contributed by atoms with van der Waals surface area (Å²) in [5.74, 6) is 0.106. The number of Topliss-reactive ketones (excluding diaryl/α,β-unsaturated/α-hetero) is 1. The van der Waals surface area contributed by atoms with Crippen LogP contribution in [0, 0.1) is 13.8 Å². The molecule has 0 spiro atoms. The molecule has 6 nitrogen and oxygen atoms in total. The maximum absolute atomic E-state index is 12.8. The van der Waals surface area contributed by atoms with Gasteiger partial charge in [0.15, 0.2) is 0 Å². The van der Waals surface area contributed by atoms with Crippen molar-refractivity contribution < 1.29 is 19.1 Å². The first kappa shape index (κ1) is 18.6. The van der Waals surface area contributed by atoms with Gasteiger partial charge in [0.05, 0.1) is 36.7 Å². The Bertz CT molecular complexity index is 780. The van der Waals surface area contributed by atoms with E-state index in [1.807, 2.05) is 24.3 Å². The molecule has 0 radical (unpaired) electrons. The second-order valence-electron chi connectivity index (χ2n) is 5.78. The molecule has 0 aliphatic rings. The van der Waals surface area contributed by atoms with Crippen molar-refractivity contribution in [2.24, 2.45) is 0 Å². The Morgan fingerprint density at radius 2 is 1.92 bits per heavy atom. The molecule has 2 rings (SSSR count). The molecule has 6 heteroatoms. The second-order valence-corrected chi connectivity index (χ2v) is 5.78. The number of esters is 1. The number of methoxy groups -OCH3 is 1. The van der Waals surface area contributed by atoms with E-state index in [1.54, 1.807) is 34.8 Å². The van der Waals surface area contributed by atoms with E-state index in [2.05, 4.69) is 10.3 Å². The van der Waals surface area contributed by atoms with Crippen LogP contribution in [0.5, 0.6) is 5.75 Å². The summed E-state index contributed by atoms with van der Waals surface area (Å²) in [6.45, 7) is 7.32. The van der Waals surface area contributed by atoms with E-state index < -0.39 is 12.0 Å². The fraction of sp³-hybridized carbons (Fsp3) is 0.368. The van der Waals surface area contributed by atoms with Gasteiger partial charge in [-0.25, -0.2) is 4.79 Å². The molecule has 0 amide bonds. The lowest BCUT2D eigenvalue weighted by atomic mass is 10.0. The van der Waals surface area contributed by atoms with Crippen molar-refractivity contribution in [2.45, 2.75) is 33.7 Å². The van der Waals surface area contributed by atoms with Crippen molar-refractivity contribution in [1.82, 2.24) is 4.98 Å². The summed E-state index contributed by atoms with van der Waals surface area (Å²) in [7, 11) is 1.58. The number of para-hydroxylation sites is 2. The molecule has 0 aliphatic carbocycles. The van der Waals surface area contributed by atoms with Gasteiger partial charge in [-0.15, -0.1) is 0 Å². The molecule has 2 aromatic rings. The summed E-state index contributed by atoms with van der Waals surface area (Å²) in [5, 5.41) is 3.16. The molecule has 134 valence electrons. The van der Waals surface area contributed by atoms with Crippen molar-refractivity contribution in [2.75, 3.05) is 19.0 Å². The van der Waals surface area contributed by atoms with Crippen LogP contribution < -0.4 is 10.1 Å².